The Balaban J connectivity index is 2.15. The predicted molar refractivity (Wildman–Crippen MR) is 77.4 cm³/mol. The fourth-order valence-corrected chi connectivity index (χ4v) is 2.71. The first-order chi connectivity index (χ1) is 8.75. The van der Waals surface area contributed by atoms with Crippen molar-refractivity contribution in [3.05, 3.63) is 76.8 Å². The Morgan fingerprint density at radius 3 is 2.67 bits per heavy atom. The van der Waals surface area contributed by atoms with Gasteiger partial charge in [-0.25, -0.2) is 0 Å². The highest BCUT2D eigenvalue weighted by Crippen LogP contribution is 2.39. The molecular formula is C16H14ClN. The van der Waals surface area contributed by atoms with E-state index in [1.165, 1.54) is 16.7 Å². The maximum absolute atomic E-state index is 6.12. The van der Waals surface area contributed by atoms with Gasteiger partial charge in [0.1, 0.15) is 0 Å². The van der Waals surface area contributed by atoms with Crippen LogP contribution < -0.4 is 5.32 Å². The SMILES string of the molecule is C=C1CNc2ccc(Cl)cc2C1c1ccccc1. The summed E-state index contributed by atoms with van der Waals surface area (Å²) < 4.78 is 0. The Labute approximate surface area is 112 Å². The molecule has 18 heavy (non-hydrogen) atoms. The number of hydrogen-bond donors (Lipinski definition) is 1. The van der Waals surface area contributed by atoms with Gasteiger partial charge in [0.2, 0.25) is 0 Å². The van der Waals surface area contributed by atoms with Gasteiger partial charge in [0.15, 0.2) is 0 Å². The number of anilines is 1. The minimum Gasteiger partial charge on any atom is -0.381 e. The maximum atomic E-state index is 6.12. The molecule has 1 unspecified atom stereocenters. The van der Waals surface area contributed by atoms with E-state index in [0.717, 1.165) is 17.3 Å². The first-order valence-electron chi connectivity index (χ1n) is 6.01. The quantitative estimate of drug-likeness (QED) is 0.742. The van der Waals surface area contributed by atoms with Crippen molar-refractivity contribution in [1.82, 2.24) is 0 Å². The van der Waals surface area contributed by atoms with Crippen LogP contribution in [0.4, 0.5) is 5.69 Å². The molecule has 0 amide bonds. The lowest BCUT2D eigenvalue weighted by Crippen LogP contribution is -2.20. The highest BCUT2D eigenvalue weighted by atomic mass is 35.5. The predicted octanol–water partition coefficient (Wildman–Crippen LogP) is 4.45. The Kier molecular flexibility index (Phi) is 2.85. The molecule has 0 fully saturated rings. The van der Waals surface area contributed by atoms with Gasteiger partial charge in [0, 0.05) is 23.2 Å². The Bertz CT molecular complexity index is 589. The van der Waals surface area contributed by atoms with E-state index in [-0.39, 0.29) is 5.92 Å². The lowest BCUT2D eigenvalue weighted by atomic mass is 9.82. The molecule has 1 N–H and O–H groups in total. The van der Waals surface area contributed by atoms with Crippen molar-refractivity contribution in [2.24, 2.45) is 0 Å². The molecule has 0 spiro atoms. The fourth-order valence-electron chi connectivity index (χ4n) is 2.52. The molecule has 1 atom stereocenters. The molecule has 3 rings (SSSR count). The summed E-state index contributed by atoms with van der Waals surface area (Å²) in [6.07, 6.45) is 0. The summed E-state index contributed by atoms with van der Waals surface area (Å²) in [4.78, 5) is 0. The van der Waals surface area contributed by atoms with E-state index in [2.05, 4.69) is 36.2 Å². The summed E-state index contributed by atoms with van der Waals surface area (Å²) in [6, 6.07) is 16.4. The smallest absolute Gasteiger partial charge is 0.0410 e. The van der Waals surface area contributed by atoms with Gasteiger partial charge in [0.05, 0.1) is 0 Å². The summed E-state index contributed by atoms with van der Waals surface area (Å²) >= 11 is 6.12. The molecule has 0 radical (unpaired) electrons. The molecule has 1 nitrogen and oxygen atoms in total. The number of hydrogen-bond acceptors (Lipinski definition) is 1. The Hall–Kier alpha value is -1.73. The highest BCUT2D eigenvalue weighted by Gasteiger charge is 2.24. The van der Waals surface area contributed by atoms with Gasteiger partial charge in [-0.15, -0.1) is 0 Å². The van der Waals surface area contributed by atoms with Crippen molar-refractivity contribution in [3.8, 4) is 0 Å². The van der Waals surface area contributed by atoms with Crippen molar-refractivity contribution >= 4 is 17.3 Å². The van der Waals surface area contributed by atoms with Crippen LogP contribution in [0.1, 0.15) is 17.0 Å². The Morgan fingerprint density at radius 1 is 1.11 bits per heavy atom. The summed E-state index contributed by atoms with van der Waals surface area (Å²) in [6.45, 7) is 5.01. The van der Waals surface area contributed by atoms with Gasteiger partial charge < -0.3 is 5.32 Å². The standard InChI is InChI=1S/C16H14ClN/c1-11-10-18-15-8-7-13(17)9-14(15)16(11)12-5-3-2-4-6-12/h2-9,16,18H,1,10H2. The molecular weight excluding hydrogens is 242 g/mol. The molecule has 1 heterocycles. The van der Waals surface area contributed by atoms with Crippen molar-refractivity contribution in [1.29, 1.82) is 0 Å². The Morgan fingerprint density at radius 2 is 1.89 bits per heavy atom. The van der Waals surface area contributed by atoms with E-state index in [1.807, 2.05) is 24.3 Å². The summed E-state index contributed by atoms with van der Waals surface area (Å²) in [5.74, 6) is 0.237. The molecule has 90 valence electrons. The van der Waals surface area contributed by atoms with Gasteiger partial charge in [-0.2, -0.15) is 0 Å². The van der Waals surface area contributed by atoms with Gasteiger partial charge in [0.25, 0.3) is 0 Å². The van der Waals surface area contributed by atoms with E-state index >= 15 is 0 Å². The lowest BCUT2D eigenvalue weighted by Gasteiger charge is -2.29. The summed E-state index contributed by atoms with van der Waals surface area (Å²) in [5.41, 5.74) is 4.81. The van der Waals surface area contributed by atoms with Gasteiger partial charge >= 0.3 is 0 Å². The van der Waals surface area contributed by atoms with Crippen LogP contribution in [0.5, 0.6) is 0 Å². The normalized spacial score (nSPS) is 18.1. The van der Waals surface area contributed by atoms with Crippen molar-refractivity contribution in [2.75, 3.05) is 11.9 Å². The van der Waals surface area contributed by atoms with Crippen LogP contribution in [0, 0.1) is 0 Å². The van der Waals surface area contributed by atoms with Crippen molar-refractivity contribution < 1.29 is 0 Å². The minimum atomic E-state index is 0.237. The first kappa shape index (κ1) is 11.4. The third-order valence-corrected chi connectivity index (χ3v) is 3.61. The van der Waals surface area contributed by atoms with E-state index in [4.69, 9.17) is 11.6 Å². The molecule has 2 heteroatoms. The van der Waals surface area contributed by atoms with E-state index in [1.54, 1.807) is 0 Å². The van der Waals surface area contributed by atoms with Gasteiger partial charge in [-0.3, -0.25) is 0 Å². The number of rotatable bonds is 1. The molecule has 0 aliphatic carbocycles. The van der Waals surface area contributed by atoms with E-state index < -0.39 is 0 Å². The summed E-state index contributed by atoms with van der Waals surface area (Å²) in [7, 11) is 0. The zero-order valence-electron chi connectivity index (χ0n) is 9.99. The van der Waals surface area contributed by atoms with E-state index in [9.17, 15) is 0 Å². The molecule has 1 aliphatic heterocycles. The minimum absolute atomic E-state index is 0.237. The monoisotopic (exact) mass is 255 g/mol. The van der Waals surface area contributed by atoms with Crippen LogP contribution in [0.2, 0.25) is 5.02 Å². The van der Waals surface area contributed by atoms with E-state index in [0.29, 0.717) is 0 Å². The number of benzene rings is 2. The molecule has 2 aromatic carbocycles. The van der Waals surface area contributed by atoms with Gasteiger partial charge in [-0.1, -0.05) is 48.5 Å². The number of halogens is 1. The van der Waals surface area contributed by atoms with Crippen molar-refractivity contribution in [3.63, 3.8) is 0 Å². The maximum Gasteiger partial charge on any atom is 0.0410 e. The highest BCUT2D eigenvalue weighted by molar-refractivity contribution is 6.30. The third kappa shape index (κ3) is 1.91. The average Bonchev–Trinajstić information content (AvgIpc) is 2.39. The van der Waals surface area contributed by atoms with Crippen LogP contribution in [0.15, 0.2) is 60.7 Å². The fraction of sp³-hybridized carbons (Fsp3) is 0.125. The second kappa shape index (κ2) is 4.51. The van der Waals surface area contributed by atoms with Gasteiger partial charge in [-0.05, 0) is 34.9 Å². The molecule has 0 aromatic heterocycles. The lowest BCUT2D eigenvalue weighted by molar-refractivity contribution is 0.893. The second-order valence-electron chi connectivity index (χ2n) is 4.59. The third-order valence-electron chi connectivity index (χ3n) is 3.37. The van der Waals surface area contributed by atoms with Crippen LogP contribution in [-0.2, 0) is 0 Å². The molecule has 0 bridgehead atoms. The van der Waals surface area contributed by atoms with Crippen LogP contribution in [0.3, 0.4) is 0 Å². The van der Waals surface area contributed by atoms with Crippen molar-refractivity contribution in [2.45, 2.75) is 5.92 Å². The average molecular weight is 256 g/mol. The second-order valence-corrected chi connectivity index (χ2v) is 5.02. The first-order valence-corrected chi connectivity index (χ1v) is 6.39. The number of fused-ring (bicyclic) bond motifs is 1. The summed E-state index contributed by atoms with van der Waals surface area (Å²) in [5, 5.41) is 4.15. The topological polar surface area (TPSA) is 12.0 Å². The zero-order valence-corrected chi connectivity index (χ0v) is 10.7. The van der Waals surface area contributed by atoms with Crippen LogP contribution in [0.25, 0.3) is 0 Å². The molecule has 2 aromatic rings. The molecule has 0 saturated carbocycles. The zero-order chi connectivity index (χ0) is 12.5. The molecule has 1 aliphatic rings. The van der Waals surface area contributed by atoms with Crippen LogP contribution >= 0.6 is 11.6 Å². The largest absolute Gasteiger partial charge is 0.381 e. The molecule has 0 saturated heterocycles. The number of nitrogens with one attached hydrogen (secondary N) is 1. The van der Waals surface area contributed by atoms with Crippen LogP contribution in [-0.4, -0.2) is 6.54 Å².